The number of aliphatic hydroxyl groups excluding tert-OH is 1. The Hall–Kier alpha value is -1.90. The first-order valence-electron chi connectivity index (χ1n) is 5.63. The average Bonchev–Trinajstić information content (AvgIpc) is 2.35. The van der Waals surface area contributed by atoms with Gasteiger partial charge in [0.1, 0.15) is 5.69 Å². The average molecular weight is 247 g/mol. The lowest BCUT2D eigenvalue weighted by Crippen LogP contribution is -2.34. The van der Waals surface area contributed by atoms with Crippen molar-refractivity contribution >= 4 is 5.91 Å². The molecule has 0 saturated heterocycles. The van der Waals surface area contributed by atoms with Gasteiger partial charge >= 0.3 is 0 Å². The molecule has 0 aliphatic heterocycles. The van der Waals surface area contributed by atoms with Gasteiger partial charge in [0, 0.05) is 19.8 Å². The summed E-state index contributed by atoms with van der Waals surface area (Å²) in [4.78, 5) is 17.6. The number of nitrogens with two attached hydrogens (primary N) is 1. The fraction of sp³-hybridized carbons (Fsp3) is 0.385. The Labute approximate surface area is 107 Å². The molecule has 1 heterocycles. The van der Waals surface area contributed by atoms with Crippen LogP contribution in [-0.4, -0.2) is 47.1 Å². The number of nitrogens with zero attached hydrogens (tertiary/aromatic N) is 2. The first-order chi connectivity index (χ1) is 8.56. The first kappa shape index (κ1) is 14.2. The summed E-state index contributed by atoms with van der Waals surface area (Å²) in [5.41, 5.74) is 6.13. The summed E-state index contributed by atoms with van der Waals surface area (Å²) in [5.74, 6) is 5.25. The number of aromatic nitrogens is 1. The molecule has 1 aromatic heterocycles. The second kappa shape index (κ2) is 6.74. The summed E-state index contributed by atoms with van der Waals surface area (Å²) < 4.78 is 0. The van der Waals surface area contributed by atoms with Crippen molar-refractivity contribution in [2.24, 2.45) is 5.73 Å². The number of hydrogen-bond acceptors (Lipinski definition) is 4. The smallest absolute Gasteiger partial charge is 0.273 e. The van der Waals surface area contributed by atoms with Gasteiger partial charge in [0.25, 0.3) is 5.91 Å². The largest absolute Gasteiger partial charge is 0.392 e. The van der Waals surface area contributed by atoms with E-state index in [1.165, 1.54) is 11.1 Å². The van der Waals surface area contributed by atoms with Gasteiger partial charge in [-0.3, -0.25) is 4.79 Å². The van der Waals surface area contributed by atoms with E-state index in [0.29, 0.717) is 5.56 Å². The van der Waals surface area contributed by atoms with Crippen LogP contribution in [0.1, 0.15) is 23.0 Å². The van der Waals surface area contributed by atoms with Gasteiger partial charge in [-0.2, -0.15) is 0 Å². The number of aliphatic hydroxyl groups is 1. The molecule has 1 aromatic rings. The van der Waals surface area contributed by atoms with E-state index in [1.54, 1.807) is 26.1 Å². The van der Waals surface area contributed by atoms with Crippen LogP contribution in [0.25, 0.3) is 0 Å². The molecule has 3 N–H and O–H groups in total. The highest BCUT2D eigenvalue weighted by Gasteiger charge is 2.17. The third kappa shape index (κ3) is 3.84. The lowest BCUT2D eigenvalue weighted by molar-refractivity contribution is 0.0698. The van der Waals surface area contributed by atoms with E-state index in [1.807, 2.05) is 0 Å². The zero-order chi connectivity index (χ0) is 13.5. The van der Waals surface area contributed by atoms with Crippen LogP contribution >= 0.6 is 0 Å². The zero-order valence-electron chi connectivity index (χ0n) is 10.6. The summed E-state index contributed by atoms with van der Waals surface area (Å²) in [6.07, 6.45) is 0.957. The normalized spacial score (nSPS) is 11.3. The molecule has 1 atom stereocenters. The number of amides is 1. The number of likely N-dealkylation sites (N-methyl/N-ethyl adjacent to an activating group) is 1. The van der Waals surface area contributed by atoms with Crippen molar-refractivity contribution in [3.8, 4) is 11.8 Å². The summed E-state index contributed by atoms with van der Waals surface area (Å²) in [6.45, 7) is 2.10. The maximum absolute atomic E-state index is 12.1. The van der Waals surface area contributed by atoms with Gasteiger partial charge < -0.3 is 15.7 Å². The molecular formula is C13H17N3O2. The lowest BCUT2D eigenvalue weighted by Gasteiger charge is -2.18. The van der Waals surface area contributed by atoms with Crippen molar-refractivity contribution in [3.63, 3.8) is 0 Å². The van der Waals surface area contributed by atoms with Crippen LogP contribution < -0.4 is 5.73 Å². The quantitative estimate of drug-likeness (QED) is 0.728. The Morgan fingerprint density at radius 1 is 1.67 bits per heavy atom. The van der Waals surface area contributed by atoms with Crippen molar-refractivity contribution in [2.45, 2.75) is 13.0 Å². The SMILES string of the molecule is CC(O)CN(C)C(=O)c1ncccc1C#CCN. The minimum Gasteiger partial charge on any atom is -0.392 e. The van der Waals surface area contributed by atoms with Gasteiger partial charge in [0.15, 0.2) is 0 Å². The standard InChI is InChI=1S/C13H17N3O2/c1-10(17)9-16(2)13(18)12-11(5-3-7-14)6-4-8-15-12/h4,6,8,10,17H,7,9,14H2,1-2H3. The van der Waals surface area contributed by atoms with Crippen LogP contribution in [0.5, 0.6) is 0 Å². The highest BCUT2D eigenvalue weighted by atomic mass is 16.3. The molecule has 0 bridgehead atoms. The van der Waals surface area contributed by atoms with Crippen molar-refractivity contribution in [2.75, 3.05) is 20.1 Å². The number of hydrogen-bond donors (Lipinski definition) is 2. The van der Waals surface area contributed by atoms with Crippen LogP contribution in [0.4, 0.5) is 0 Å². The van der Waals surface area contributed by atoms with E-state index < -0.39 is 6.10 Å². The van der Waals surface area contributed by atoms with Gasteiger partial charge in [-0.25, -0.2) is 4.98 Å². The van der Waals surface area contributed by atoms with Crippen LogP contribution in [-0.2, 0) is 0 Å². The highest BCUT2D eigenvalue weighted by molar-refractivity contribution is 5.94. The monoisotopic (exact) mass is 247 g/mol. The molecular weight excluding hydrogens is 230 g/mol. The second-order valence-electron chi connectivity index (χ2n) is 3.94. The summed E-state index contributed by atoms with van der Waals surface area (Å²) >= 11 is 0. The summed E-state index contributed by atoms with van der Waals surface area (Å²) in [5, 5.41) is 9.27. The van der Waals surface area contributed by atoms with E-state index in [9.17, 15) is 9.90 Å². The topological polar surface area (TPSA) is 79.5 Å². The van der Waals surface area contributed by atoms with E-state index >= 15 is 0 Å². The second-order valence-corrected chi connectivity index (χ2v) is 3.94. The molecule has 0 aliphatic rings. The van der Waals surface area contributed by atoms with Crippen molar-refractivity contribution in [1.82, 2.24) is 9.88 Å². The molecule has 0 radical (unpaired) electrons. The molecule has 5 heteroatoms. The molecule has 18 heavy (non-hydrogen) atoms. The van der Waals surface area contributed by atoms with Gasteiger partial charge in [0.2, 0.25) is 0 Å². The van der Waals surface area contributed by atoms with Crippen LogP contribution in [0.2, 0.25) is 0 Å². The van der Waals surface area contributed by atoms with Gasteiger partial charge in [-0.15, -0.1) is 0 Å². The van der Waals surface area contributed by atoms with Crippen LogP contribution in [0, 0.1) is 11.8 Å². The fourth-order valence-electron chi connectivity index (χ4n) is 1.48. The molecule has 1 amide bonds. The molecule has 0 spiro atoms. The van der Waals surface area contributed by atoms with Gasteiger partial charge in [0.05, 0.1) is 18.2 Å². The summed E-state index contributed by atoms with van der Waals surface area (Å²) in [6, 6.07) is 3.44. The Morgan fingerprint density at radius 2 is 2.39 bits per heavy atom. The molecule has 0 fully saturated rings. The summed E-state index contributed by atoms with van der Waals surface area (Å²) in [7, 11) is 1.61. The Bertz CT molecular complexity index is 475. The van der Waals surface area contributed by atoms with Gasteiger partial charge in [-0.1, -0.05) is 11.8 Å². The van der Waals surface area contributed by atoms with E-state index in [2.05, 4.69) is 16.8 Å². The Kier molecular flexibility index (Phi) is 5.31. The minimum atomic E-state index is -0.582. The fourth-order valence-corrected chi connectivity index (χ4v) is 1.48. The predicted molar refractivity (Wildman–Crippen MR) is 68.8 cm³/mol. The van der Waals surface area contributed by atoms with E-state index in [0.717, 1.165) is 0 Å². The number of pyridine rings is 1. The highest BCUT2D eigenvalue weighted by Crippen LogP contribution is 2.07. The molecule has 0 saturated carbocycles. The molecule has 0 aliphatic carbocycles. The van der Waals surface area contributed by atoms with Crippen molar-refractivity contribution in [1.29, 1.82) is 0 Å². The molecule has 1 rings (SSSR count). The number of carbonyl (C=O) groups excluding carboxylic acids is 1. The number of carbonyl (C=O) groups is 1. The maximum atomic E-state index is 12.1. The Balaban J connectivity index is 2.98. The molecule has 1 unspecified atom stereocenters. The van der Waals surface area contributed by atoms with Crippen molar-refractivity contribution < 1.29 is 9.90 Å². The third-order valence-electron chi connectivity index (χ3n) is 2.22. The van der Waals surface area contributed by atoms with E-state index in [4.69, 9.17) is 5.73 Å². The van der Waals surface area contributed by atoms with Crippen LogP contribution in [0.3, 0.4) is 0 Å². The molecule has 0 aromatic carbocycles. The lowest BCUT2D eigenvalue weighted by atomic mass is 10.1. The van der Waals surface area contributed by atoms with E-state index in [-0.39, 0.29) is 24.7 Å². The van der Waals surface area contributed by atoms with Gasteiger partial charge in [-0.05, 0) is 19.1 Å². The minimum absolute atomic E-state index is 0.228. The predicted octanol–water partition coefficient (Wildman–Crippen LogP) is -0.155. The van der Waals surface area contributed by atoms with Crippen molar-refractivity contribution in [3.05, 3.63) is 29.6 Å². The van der Waals surface area contributed by atoms with Crippen LogP contribution in [0.15, 0.2) is 18.3 Å². The number of rotatable bonds is 3. The maximum Gasteiger partial charge on any atom is 0.273 e. The Morgan fingerprint density at radius 3 is 3.00 bits per heavy atom. The zero-order valence-corrected chi connectivity index (χ0v) is 10.6. The first-order valence-corrected chi connectivity index (χ1v) is 5.63. The third-order valence-corrected chi connectivity index (χ3v) is 2.22. The molecule has 5 nitrogen and oxygen atoms in total. The molecule has 96 valence electrons.